The topological polar surface area (TPSA) is 52.6 Å². The zero-order chi connectivity index (χ0) is 15.1. The molecule has 21 heavy (non-hydrogen) atoms. The second-order valence-corrected chi connectivity index (χ2v) is 5.97. The molecule has 2 rings (SSSR count). The number of amides is 1. The summed E-state index contributed by atoms with van der Waals surface area (Å²) in [6.07, 6.45) is 3.99. The van der Waals surface area contributed by atoms with Gasteiger partial charge in [-0.2, -0.15) is 0 Å². The van der Waals surface area contributed by atoms with E-state index in [2.05, 4.69) is 34.5 Å². The van der Waals surface area contributed by atoms with E-state index in [1.165, 1.54) is 5.56 Å². The molecule has 1 unspecified atom stereocenters. The first-order chi connectivity index (χ1) is 10.2. The summed E-state index contributed by atoms with van der Waals surface area (Å²) in [5, 5.41) is 12.8. The van der Waals surface area contributed by atoms with Gasteiger partial charge in [0.15, 0.2) is 0 Å². The molecule has 1 atom stereocenters. The van der Waals surface area contributed by atoms with E-state index in [1.54, 1.807) is 6.92 Å². The van der Waals surface area contributed by atoms with Gasteiger partial charge in [0.05, 0.1) is 6.61 Å². The number of rotatable bonds is 7. The molecule has 0 aliphatic carbocycles. The van der Waals surface area contributed by atoms with Crippen LogP contribution in [0.4, 0.5) is 0 Å². The van der Waals surface area contributed by atoms with Crippen molar-refractivity contribution in [2.45, 2.75) is 38.1 Å². The Morgan fingerprint density at radius 3 is 2.81 bits per heavy atom. The van der Waals surface area contributed by atoms with E-state index in [0.717, 1.165) is 38.8 Å². The summed E-state index contributed by atoms with van der Waals surface area (Å²) in [5.74, 6) is 0.0223. The van der Waals surface area contributed by atoms with Gasteiger partial charge in [0.1, 0.15) is 0 Å². The molecule has 0 radical (unpaired) electrons. The summed E-state index contributed by atoms with van der Waals surface area (Å²) in [4.78, 5) is 13.3. The third kappa shape index (κ3) is 4.29. The highest BCUT2D eigenvalue weighted by atomic mass is 16.3. The van der Waals surface area contributed by atoms with Gasteiger partial charge in [0.2, 0.25) is 5.91 Å². The fraction of sp³-hybridized carbons (Fsp3) is 0.588. The largest absolute Gasteiger partial charge is 0.394 e. The molecule has 2 N–H and O–H groups in total. The summed E-state index contributed by atoms with van der Waals surface area (Å²) in [7, 11) is 0. The molecule has 1 aromatic carbocycles. The highest BCUT2D eigenvalue weighted by molar-refractivity contribution is 5.72. The monoisotopic (exact) mass is 290 g/mol. The average Bonchev–Trinajstić information content (AvgIpc) is 2.88. The van der Waals surface area contributed by atoms with Crippen LogP contribution < -0.4 is 5.32 Å². The minimum Gasteiger partial charge on any atom is -0.394 e. The normalized spacial score (nSPS) is 22.4. The van der Waals surface area contributed by atoms with Crippen LogP contribution in [0.15, 0.2) is 30.3 Å². The van der Waals surface area contributed by atoms with Gasteiger partial charge < -0.3 is 10.4 Å². The maximum atomic E-state index is 10.9. The van der Waals surface area contributed by atoms with Crippen LogP contribution in [0.3, 0.4) is 0 Å². The second kappa shape index (κ2) is 7.57. The van der Waals surface area contributed by atoms with E-state index in [0.29, 0.717) is 6.54 Å². The van der Waals surface area contributed by atoms with Crippen LogP contribution in [0.1, 0.15) is 31.7 Å². The minimum atomic E-state index is -0.127. The standard InChI is InChI=1S/C17H26N2O2/c1-15(21)18-10-6-12-19-11-5-9-17(19,14-20)13-16-7-3-2-4-8-16/h2-4,7-8,20H,5-6,9-14H2,1H3,(H,18,21). The van der Waals surface area contributed by atoms with Crippen LogP contribution in [0.25, 0.3) is 0 Å². The van der Waals surface area contributed by atoms with Gasteiger partial charge in [-0.25, -0.2) is 0 Å². The van der Waals surface area contributed by atoms with Gasteiger partial charge in [0.25, 0.3) is 0 Å². The Morgan fingerprint density at radius 1 is 1.38 bits per heavy atom. The van der Waals surface area contributed by atoms with Gasteiger partial charge >= 0.3 is 0 Å². The number of benzene rings is 1. The second-order valence-electron chi connectivity index (χ2n) is 5.97. The molecule has 1 aliphatic heterocycles. The summed E-state index contributed by atoms with van der Waals surface area (Å²) in [6.45, 7) is 4.41. The number of nitrogens with zero attached hydrogens (tertiary/aromatic N) is 1. The molecule has 0 saturated carbocycles. The number of aliphatic hydroxyl groups is 1. The van der Waals surface area contributed by atoms with Crippen molar-refractivity contribution in [1.29, 1.82) is 0 Å². The summed E-state index contributed by atoms with van der Waals surface area (Å²) in [6, 6.07) is 10.4. The van der Waals surface area contributed by atoms with Crippen molar-refractivity contribution in [3.63, 3.8) is 0 Å². The zero-order valence-corrected chi connectivity index (χ0v) is 12.8. The Hall–Kier alpha value is -1.39. The molecule has 1 saturated heterocycles. The first-order valence-corrected chi connectivity index (χ1v) is 7.80. The molecule has 4 nitrogen and oxygen atoms in total. The zero-order valence-electron chi connectivity index (χ0n) is 12.8. The first kappa shape index (κ1) is 16.0. The quantitative estimate of drug-likeness (QED) is 0.750. The fourth-order valence-electron chi connectivity index (χ4n) is 3.29. The smallest absolute Gasteiger partial charge is 0.216 e. The van der Waals surface area contributed by atoms with Gasteiger partial charge in [-0.05, 0) is 37.8 Å². The molecule has 1 fully saturated rings. The maximum Gasteiger partial charge on any atom is 0.216 e. The number of hydrogen-bond acceptors (Lipinski definition) is 3. The van der Waals surface area contributed by atoms with E-state index >= 15 is 0 Å². The fourth-order valence-corrected chi connectivity index (χ4v) is 3.29. The van der Waals surface area contributed by atoms with Crippen molar-refractivity contribution >= 4 is 5.91 Å². The van der Waals surface area contributed by atoms with E-state index < -0.39 is 0 Å². The average molecular weight is 290 g/mol. The van der Waals surface area contributed by atoms with Crippen molar-refractivity contribution in [1.82, 2.24) is 10.2 Å². The van der Waals surface area contributed by atoms with Crippen molar-refractivity contribution in [2.75, 3.05) is 26.2 Å². The highest BCUT2D eigenvalue weighted by Crippen LogP contribution is 2.32. The molecule has 0 aromatic heterocycles. The summed E-state index contributed by atoms with van der Waals surface area (Å²) < 4.78 is 0. The minimum absolute atomic E-state index is 0.0223. The lowest BCUT2D eigenvalue weighted by Crippen LogP contribution is -2.49. The van der Waals surface area contributed by atoms with Crippen LogP contribution in [0.2, 0.25) is 0 Å². The van der Waals surface area contributed by atoms with Gasteiger partial charge in [-0.3, -0.25) is 9.69 Å². The molecule has 1 aromatic rings. The van der Waals surface area contributed by atoms with Crippen molar-refractivity contribution < 1.29 is 9.90 Å². The third-order valence-electron chi connectivity index (χ3n) is 4.39. The Bertz CT molecular complexity index is 449. The van der Waals surface area contributed by atoms with Crippen LogP contribution in [0, 0.1) is 0 Å². The molecular weight excluding hydrogens is 264 g/mol. The maximum absolute atomic E-state index is 10.9. The van der Waals surface area contributed by atoms with Crippen LogP contribution >= 0.6 is 0 Å². The molecule has 4 heteroatoms. The van der Waals surface area contributed by atoms with E-state index in [-0.39, 0.29) is 18.1 Å². The van der Waals surface area contributed by atoms with Crippen LogP contribution in [0.5, 0.6) is 0 Å². The summed E-state index contributed by atoms with van der Waals surface area (Å²) >= 11 is 0. The Kier molecular flexibility index (Phi) is 5.76. The number of likely N-dealkylation sites (tertiary alicyclic amines) is 1. The molecule has 1 heterocycles. The molecule has 1 amide bonds. The third-order valence-corrected chi connectivity index (χ3v) is 4.39. The Morgan fingerprint density at radius 2 is 2.14 bits per heavy atom. The Balaban J connectivity index is 1.94. The molecular formula is C17H26N2O2. The van der Waals surface area contributed by atoms with E-state index in [9.17, 15) is 9.90 Å². The first-order valence-electron chi connectivity index (χ1n) is 7.80. The van der Waals surface area contributed by atoms with Crippen molar-refractivity contribution in [3.05, 3.63) is 35.9 Å². The molecule has 1 aliphatic rings. The molecule has 116 valence electrons. The van der Waals surface area contributed by atoms with Crippen LogP contribution in [-0.2, 0) is 11.2 Å². The number of aliphatic hydroxyl groups excluding tert-OH is 1. The number of carbonyl (C=O) groups excluding carboxylic acids is 1. The molecule has 0 spiro atoms. The lowest BCUT2D eigenvalue weighted by atomic mass is 9.88. The predicted molar refractivity (Wildman–Crippen MR) is 84.1 cm³/mol. The van der Waals surface area contributed by atoms with Crippen LogP contribution in [-0.4, -0.2) is 47.7 Å². The number of carbonyl (C=O) groups is 1. The van der Waals surface area contributed by atoms with Crippen molar-refractivity contribution in [3.8, 4) is 0 Å². The Labute approximate surface area is 127 Å². The van der Waals surface area contributed by atoms with E-state index in [1.807, 2.05) is 6.07 Å². The number of hydrogen-bond donors (Lipinski definition) is 2. The molecule has 0 bridgehead atoms. The lowest BCUT2D eigenvalue weighted by Gasteiger charge is -2.37. The van der Waals surface area contributed by atoms with Gasteiger partial charge in [-0.1, -0.05) is 30.3 Å². The predicted octanol–water partition coefficient (Wildman–Crippen LogP) is 1.58. The van der Waals surface area contributed by atoms with Gasteiger partial charge in [0, 0.05) is 25.6 Å². The summed E-state index contributed by atoms with van der Waals surface area (Å²) in [5.41, 5.74) is 1.15. The SMILES string of the molecule is CC(=O)NCCCN1CCCC1(CO)Cc1ccccc1. The number of nitrogens with one attached hydrogen (secondary N) is 1. The lowest BCUT2D eigenvalue weighted by molar-refractivity contribution is -0.118. The van der Waals surface area contributed by atoms with Gasteiger partial charge in [-0.15, -0.1) is 0 Å². The van der Waals surface area contributed by atoms with Crippen molar-refractivity contribution in [2.24, 2.45) is 0 Å². The highest BCUT2D eigenvalue weighted by Gasteiger charge is 2.39. The van der Waals surface area contributed by atoms with E-state index in [4.69, 9.17) is 0 Å².